The highest BCUT2D eigenvalue weighted by Gasteiger charge is 2.34. The molecule has 43 heavy (non-hydrogen) atoms. The minimum atomic E-state index is -4.14. The second-order valence-corrected chi connectivity index (χ2v) is 13.6. The number of rotatable bonds is 13. The zero-order chi connectivity index (χ0) is 30.8. The lowest BCUT2D eigenvalue weighted by atomic mass is 10.0. The monoisotopic (exact) mass is 725 g/mol. The molecule has 0 saturated carbocycles. The van der Waals surface area contributed by atoms with Crippen molar-refractivity contribution in [2.45, 2.75) is 37.2 Å². The molecule has 1 N–H and O–H groups in total. The van der Waals surface area contributed by atoms with Crippen LogP contribution in [-0.2, 0) is 32.6 Å². The zero-order valence-corrected chi connectivity index (χ0v) is 27.7. The minimum absolute atomic E-state index is 0.0590. The summed E-state index contributed by atoms with van der Waals surface area (Å²) in [6.07, 6.45) is 0.997. The molecule has 0 heterocycles. The molecule has 0 bridgehead atoms. The Hall–Kier alpha value is -3.47. The lowest BCUT2D eigenvalue weighted by Crippen LogP contribution is -2.53. The average Bonchev–Trinajstić information content (AvgIpc) is 3.02. The van der Waals surface area contributed by atoms with E-state index in [2.05, 4.69) is 37.2 Å². The van der Waals surface area contributed by atoms with Crippen molar-refractivity contribution in [3.05, 3.63) is 129 Å². The first kappa shape index (κ1) is 32.4. The molecule has 0 radical (unpaired) electrons. The van der Waals surface area contributed by atoms with E-state index in [0.717, 1.165) is 26.3 Å². The Bertz CT molecular complexity index is 1620. The van der Waals surface area contributed by atoms with Gasteiger partial charge in [-0.2, -0.15) is 0 Å². The maximum absolute atomic E-state index is 14.4. The van der Waals surface area contributed by atoms with E-state index in [9.17, 15) is 18.0 Å². The van der Waals surface area contributed by atoms with Gasteiger partial charge in [-0.1, -0.05) is 106 Å². The van der Waals surface area contributed by atoms with Crippen molar-refractivity contribution >= 4 is 59.4 Å². The van der Waals surface area contributed by atoms with Crippen LogP contribution in [0.15, 0.2) is 123 Å². The van der Waals surface area contributed by atoms with E-state index in [1.54, 1.807) is 42.5 Å². The van der Waals surface area contributed by atoms with Crippen molar-refractivity contribution < 1.29 is 18.0 Å². The highest BCUT2D eigenvalue weighted by molar-refractivity contribution is 9.10. The van der Waals surface area contributed by atoms with E-state index in [0.29, 0.717) is 16.7 Å². The molecule has 7 nitrogen and oxygen atoms in total. The summed E-state index contributed by atoms with van der Waals surface area (Å²) in [7, 11) is -4.14. The molecular formula is C33H33Br2N3O4S. The molecule has 1 unspecified atom stereocenters. The van der Waals surface area contributed by atoms with Crippen molar-refractivity contribution in [1.29, 1.82) is 0 Å². The Balaban J connectivity index is 1.78. The first-order chi connectivity index (χ1) is 20.7. The molecule has 224 valence electrons. The van der Waals surface area contributed by atoms with Gasteiger partial charge in [-0.25, -0.2) is 8.42 Å². The van der Waals surface area contributed by atoms with Gasteiger partial charge < -0.3 is 10.2 Å². The Morgan fingerprint density at radius 3 is 2.07 bits per heavy atom. The van der Waals surface area contributed by atoms with E-state index in [-0.39, 0.29) is 23.8 Å². The van der Waals surface area contributed by atoms with Gasteiger partial charge in [0.05, 0.1) is 10.6 Å². The summed E-state index contributed by atoms with van der Waals surface area (Å²) in [4.78, 5) is 29.6. The van der Waals surface area contributed by atoms with E-state index in [1.165, 1.54) is 17.0 Å². The third-order valence-corrected chi connectivity index (χ3v) is 9.60. The molecule has 2 amide bonds. The fourth-order valence-electron chi connectivity index (χ4n) is 4.59. The third kappa shape index (κ3) is 8.78. The smallest absolute Gasteiger partial charge is 0.264 e. The summed E-state index contributed by atoms with van der Waals surface area (Å²) in [6.45, 7) is 2.02. The van der Waals surface area contributed by atoms with Crippen LogP contribution in [0.25, 0.3) is 0 Å². The molecule has 10 heteroatoms. The number of halogens is 2. The van der Waals surface area contributed by atoms with Gasteiger partial charge in [0, 0.05) is 28.5 Å². The molecule has 0 aliphatic carbocycles. The minimum Gasteiger partial charge on any atom is -0.354 e. The Kier molecular flexibility index (Phi) is 11.6. The second kappa shape index (κ2) is 15.3. The molecule has 4 aromatic rings. The Morgan fingerprint density at radius 2 is 1.44 bits per heavy atom. The number of hydrogen-bond donors (Lipinski definition) is 1. The van der Waals surface area contributed by atoms with E-state index < -0.39 is 28.5 Å². The summed E-state index contributed by atoms with van der Waals surface area (Å²) < 4.78 is 30.6. The SMILES string of the molecule is CCCNC(=O)C(Cc1ccccc1)N(Cc1ccc(Br)cc1)C(=O)CN(c1cccc(Br)c1)S(=O)(=O)c1ccccc1. The quantitative estimate of drug-likeness (QED) is 0.169. The molecule has 0 aromatic heterocycles. The number of sulfonamides is 1. The largest absolute Gasteiger partial charge is 0.354 e. The summed E-state index contributed by atoms with van der Waals surface area (Å²) in [5, 5.41) is 2.95. The van der Waals surface area contributed by atoms with Crippen molar-refractivity contribution in [1.82, 2.24) is 10.2 Å². The topological polar surface area (TPSA) is 86.8 Å². The fraction of sp³-hybridized carbons (Fsp3) is 0.212. The van der Waals surface area contributed by atoms with Crippen molar-refractivity contribution in [2.75, 3.05) is 17.4 Å². The van der Waals surface area contributed by atoms with Crippen LogP contribution >= 0.6 is 31.9 Å². The third-order valence-electron chi connectivity index (χ3n) is 6.79. The number of nitrogens with zero attached hydrogens (tertiary/aromatic N) is 2. The molecular weight excluding hydrogens is 694 g/mol. The summed E-state index contributed by atoms with van der Waals surface area (Å²) in [5.74, 6) is -0.800. The summed E-state index contributed by atoms with van der Waals surface area (Å²) in [5.41, 5.74) is 2.01. The van der Waals surface area contributed by atoms with E-state index in [1.807, 2.05) is 61.5 Å². The molecule has 0 aliphatic rings. The molecule has 1 atom stereocenters. The average molecular weight is 728 g/mol. The second-order valence-electron chi connectivity index (χ2n) is 9.95. The summed E-state index contributed by atoms with van der Waals surface area (Å²) in [6, 6.07) is 30.9. The predicted molar refractivity (Wildman–Crippen MR) is 177 cm³/mol. The van der Waals surface area contributed by atoms with Crippen LogP contribution in [0.1, 0.15) is 24.5 Å². The highest BCUT2D eigenvalue weighted by atomic mass is 79.9. The standard InChI is InChI=1S/C33H33Br2N3O4S/c1-2-20-36-33(40)31(21-25-10-5-3-6-11-25)37(23-26-16-18-27(34)19-17-26)32(39)24-38(29-13-9-12-28(35)22-29)43(41,42)30-14-7-4-8-15-30/h3-19,22,31H,2,20-21,23-24H2,1H3,(H,36,40). The molecule has 0 fully saturated rings. The van der Waals surface area contributed by atoms with Crippen LogP contribution in [-0.4, -0.2) is 44.3 Å². The molecule has 4 aromatic carbocycles. The first-order valence-corrected chi connectivity index (χ1v) is 16.9. The number of carbonyl (C=O) groups excluding carboxylic acids is 2. The summed E-state index contributed by atoms with van der Waals surface area (Å²) >= 11 is 6.88. The van der Waals surface area contributed by atoms with Crippen LogP contribution in [0, 0.1) is 0 Å². The molecule has 0 saturated heterocycles. The zero-order valence-electron chi connectivity index (χ0n) is 23.7. The van der Waals surface area contributed by atoms with Gasteiger partial charge in [-0.05, 0) is 60.0 Å². The van der Waals surface area contributed by atoms with Crippen molar-refractivity contribution in [3.8, 4) is 0 Å². The van der Waals surface area contributed by atoms with Gasteiger partial charge in [0.15, 0.2) is 0 Å². The van der Waals surface area contributed by atoms with Crippen molar-refractivity contribution in [3.63, 3.8) is 0 Å². The number of nitrogens with one attached hydrogen (secondary N) is 1. The van der Waals surface area contributed by atoms with Crippen LogP contribution in [0.4, 0.5) is 5.69 Å². The number of hydrogen-bond acceptors (Lipinski definition) is 4. The van der Waals surface area contributed by atoms with Gasteiger partial charge in [-0.3, -0.25) is 13.9 Å². The van der Waals surface area contributed by atoms with E-state index >= 15 is 0 Å². The van der Waals surface area contributed by atoms with Crippen LogP contribution < -0.4 is 9.62 Å². The number of benzene rings is 4. The maximum Gasteiger partial charge on any atom is 0.264 e. The molecule has 4 rings (SSSR count). The number of amides is 2. The molecule has 0 aliphatic heterocycles. The predicted octanol–water partition coefficient (Wildman–Crippen LogP) is 6.57. The van der Waals surface area contributed by atoms with E-state index in [4.69, 9.17) is 0 Å². The van der Waals surface area contributed by atoms with Gasteiger partial charge in [0.2, 0.25) is 11.8 Å². The normalized spacial score (nSPS) is 11.9. The van der Waals surface area contributed by atoms with Crippen LogP contribution in [0.5, 0.6) is 0 Å². The highest BCUT2D eigenvalue weighted by Crippen LogP contribution is 2.27. The maximum atomic E-state index is 14.4. The van der Waals surface area contributed by atoms with Gasteiger partial charge in [-0.15, -0.1) is 0 Å². The van der Waals surface area contributed by atoms with Crippen LogP contribution in [0.2, 0.25) is 0 Å². The van der Waals surface area contributed by atoms with Gasteiger partial charge in [0.25, 0.3) is 10.0 Å². The number of anilines is 1. The number of carbonyl (C=O) groups is 2. The lowest BCUT2D eigenvalue weighted by molar-refractivity contribution is -0.140. The van der Waals surface area contributed by atoms with Gasteiger partial charge >= 0.3 is 0 Å². The lowest BCUT2D eigenvalue weighted by Gasteiger charge is -2.34. The van der Waals surface area contributed by atoms with Crippen molar-refractivity contribution in [2.24, 2.45) is 0 Å². The Labute approximate surface area is 270 Å². The first-order valence-electron chi connectivity index (χ1n) is 13.9. The fourth-order valence-corrected chi connectivity index (χ4v) is 6.66. The van der Waals surface area contributed by atoms with Gasteiger partial charge in [0.1, 0.15) is 12.6 Å². The van der Waals surface area contributed by atoms with Crippen LogP contribution in [0.3, 0.4) is 0 Å². The Morgan fingerprint density at radius 1 is 0.791 bits per heavy atom. The molecule has 0 spiro atoms.